The molecule has 1 aromatic heterocycles. The zero-order chi connectivity index (χ0) is 13.8. The summed E-state index contributed by atoms with van der Waals surface area (Å²) in [4.78, 5) is 18.3. The van der Waals surface area contributed by atoms with E-state index in [9.17, 15) is 4.79 Å². The van der Waals surface area contributed by atoms with Crippen molar-refractivity contribution in [1.29, 1.82) is 0 Å². The first kappa shape index (κ1) is 13.3. The third-order valence-electron chi connectivity index (χ3n) is 3.02. The van der Waals surface area contributed by atoms with E-state index in [1.54, 1.807) is 4.68 Å². The van der Waals surface area contributed by atoms with Gasteiger partial charge in [-0.25, -0.2) is 9.67 Å². The highest BCUT2D eigenvalue weighted by molar-refractivity contribution is 5.97. The first-order valence-electron chi connectivity index (χ1n) is 6.29. The van der Waals surface area contributed by atoms with Crippen molar-refractivity contribution in [3.05, 3.63) is 42.0 Å². The van der Waals surface area contributed by atoms with Crippen LogP contribution in [-0.2, 0) is 13.0 Å². The standard InChI is InChI=1S/C14H18N4O/c1-4-18-14(15-10-16-18)9-13(19)11-5-7-12(8-6-11)17(2)3/h5-8,10H,4,9H2,1-3H3. The summed E-state index contributed by atoms with van der Waals surface area (Å²) in [5, 5.41) is 4.07. The second kappa shape index (κ2) is 5.65. The molecule has 2 aromatic rings. The van der Waals surface area contributed by atoms with Crippen molar-refractivity contribution in [3.63, 3.8) is 0 Å². The fourth-order valence-corrected chi connectivity index (χ4v) is 1.88. The predicted octanol–water partition coefficient (Wildman–Crippen LogP) is 1.79. The lowest BCUT2D eigenvalue weighted by atomic mass is 10.1. The molecule has 2 rings (SSSR count). The molecule has 5 heteroatoms. The third kappa shape index (κ3) is 2.99. The minimum atomic E-state index is 0.0630. The van der Waals surface area contributed by atoms with Crippen LogP contribution in [0.25, 0.3) is 0 Å². The van der Waals surface area contributed by atoms with Gasteiger partial charge < -0.3 is 4.90 Å². The molecule has 0 aliphatic carbocycles. The van der Waals surface area contributed by atoms with E-state index in [4.69, 9.17) is 0 Å². The second-order valence-electron chi connectivity index (χ2n) is 4.53. The van der Waals surface area contributed by atoms with E-state index in [1.165, 1.54) is 6.33 Å². The van der Waals surface area contributed by atoms with Crippen molar-refractivity contribution in [1.82, 2.24) is 14.8 Å². The molecule has 0 unspecified atom stereocenters. The third-order valence-corrected chi connectivity index (χ3v) is 3.02. The molecular formula is C14H18N4O. The highest BCUT2D eigenvalue weighted by Crippen LogP contribution is 2.13. The molecule has 5 nitrogen and oxygen atoms in total. The fourth-order valence-electron chi connectivity index (χ4n) is 1.88. The van der Waals surface area contributed by atoms with Gasteiger partial charge in [0.25, 0.3) is 0 Å². The first-order chi connectivity index (χ1) is 9.11. The fraction of sp³-hybridized carbons (Fsp3) is 0.357. The van der Waals surface area contributed by atoms with E-state index in [1.807, 2.05) is 50.2 Å². The van der Waals surface area contributed by atoms with Gasteiger partial charge in [0.05, 0.1) is 6.42 Å². The zero-order valence-electron chi connectivity index (χ0n) is 11.5. The van der Waals surface area contributed by atoms with Crippen LogP contribution in [0.1, 0.15) is 23.1 Å². The van der Waals surface area contributed by atoms with E-state index in [0.29, 0.717) is 11.4 Å². The molecule has 1 aromatic carbocycles. The molecule has 1 heterocycles. The van der Waals surface area contributed by atoms with E-state index in [0.717, 1.165) is 12.2 Å². The molecule has 0 atom stereocenters. The summed E-state index contributed by atoms with van der Waals surface area (Å²) in [7, 11) is 3.95. The second-order valence-corrected chi connectivity index (χ2v) is 4.53. The summed E-state index contributed by atoms with van der Waals surface area (Å²) in [5.74, 6) is 0.775. The number of anilines is 1. The summed E-state index contributed by atoms with van der Waals surface area (Å²) in [5.41, 5.74) is 1.78. The quantitative estimate of drug-likeness (QED) is 0.767. The van der Waals surface area contributed by atoms with Crippen LogP contribution in [0.5, 0.6) is 0 Å². The molecule has 0 aliphatic heterocycles. The number of carbonyl (C=O) groups is 1. The van der Waals surface area contributed by atoms with Crippen LogP contribution >= 0.6 is 0 Å². The molecule has 0 amide bonds. The molecule has 19 heavy (non-hydrogen) atoms. The highest BCUT2D eigenvalue weighted by Gasteiger charge is 2.11. The number of Topliss-reactive ketones (excluding diaryl/α,β-unsaturated/α-hetero) is 1. The largest absolute Gasteiger partial charge is 0.378 e. The highest BCUT2D eigenvalue weighted by atomic mass is 16.1. The monoisotopic (exact) mass is 258 g/mol. The van der Waals surface area contributed by atoms with Gasteiger partial charge in [-0.05, 0) is 31.2 Å². The maximum atomic E-state index is 12.2. The number of ketones is 1. The molecule has 0 saturated heterocycles. The van der Waals surface area contributed by atoms with Crippen LogP contribution in [-0.4, -0.2) is 34.6 Å². The summed E-state index contributed by atoms with van der Waals surface area (Å²) < 4.78 is 1.74. The molecule has 0 N–H and O–H groups in total. The molecule has 0 radical (unpaired) electrons. The Morgan fingerprint density at radius 1 is 1.26 bits per heavy atom. The average Bonchev–Trinajstić information content (AvgIpc) is 2.86. The Hall–Kier alpha value is -2.17. The maximum Gasteiger partial charge on any atom is 0.170 e. The summed E-state index contributed by atoms with van der Waals surface area (Å²) in [6.07, 6.45) is 1.77. The topological polar surface area (TPSA) is 51.0 Å². The van der Waals surface area contributed by atoms with Gasteiger partial charge in [-0.3, -0.25) is 4.79 Å². The number of carbonyl (C=O) groups excluding carboxylic acids is 1. The summed E-state index contributed by atoms with van der Waals surface area (Å²) in [6, 6.07) is 7.59. The van der Waals surface area contributed by atoms with E-state index in [2.05, 4.69) is 10.1 Å². The van der Waals surface area contributed by atoms with Gasteiger partial charge >= 0.3 is 0 Å². The van der Waals surface area contributed by atoms with Crippen molar-refractivity contribution in [2.24, 2.45) is 0 Å². The number of benzene rings is 1. The maximum absolute atomic E-state index is 12.2. The molecule has 100 valence electrons. The molecule has 0 fully saturated rings. The van der Waals surface area contributed by atoms with Gasteiger partial charge in [0.15, 0.2) is 5.78 Å². The van der Waals surface area contributed by atoms with Crippen LogP contribution in [0.4, 0.5) is 5.69 Å². The lowest BCUT2D eigenvalue weighted by Crippen LogP contribution is -2.12. The summed E-state index contributed by atoms with van der Waals surface area (Å²) in [6.45, 7) is 2.71. The Kier molecular flexibility index (Phi) is 3.94. The lowest BCUT2D eigenvalue weighted by molar-refractivity contribution is 0.0989. The van der Waals surface area contributed by atoms with Crippen molar-refractivity contribution in [2.75, 3.05) is 19.0 Å². The molecular weight excluding hydrogens is 240 g/mol. The van der Waals surface area contributed by atoms with Crippen LogP contribution in [0.3, 0.4) is 0 Å². The van der Waals surface area contributed by atoms with Crippen LogP contribution in [0.2, 0.25) is 0 Å². The number of hydrogen-bond acceptors (Lipinski definition) is 4. The van der Waals surface area contributed by atoms with Crippen LogP contribution in [0, 0.1) is 0 Å². The number of aryl methyl sites for hydroxylation is 1. The first-order valence-corrected chi connectivity index (χ1v) is 6.29. The smallest absolute Gasteiger partial charge is 0.170 e. The number of nitrogens with zero attached hydrogens (tertiary/aromatic N) is 4. The number of aromatic nitrogens is 3. The average molecular weight is 258 g/mol. The van der Waals surface area contributed by atoms with Gasteiger partial charge in [-0.1, -0.05) is 0 Å². The predicted molar refractivity (Wildman–Crippen MR) is 74.5 cm³/mol. The van der Waals surface area contributed by atoms with Gasteiger partial charge in [0, 0.05) is 31.9 Å². The molecule has 0 aliphatic rings. The normalized spacial score (nSPS) is 10.5. The minimum Gasteiger partial charge on any atom is -0.378 e. The van der Waals surface area contributed by atoms with E-state index in [-0.39, 0.29) is 12.2 Å². The Labute approximate surface area is 112 Å². The van der Waals surface area contributed by atoms with Gasteiger partial charge in [-0.15, -0.1) is 0 Å². The zero-order valence-corrected chi connectivity index (χ0v) is 11.5. The molecule has 0 spiro atoms. The van der Waals surface area contributed by atoms with E-state index < -0.39 is 0 Å². The van der Waals surface area contributed by atoms with E-state index >= 15 is 0 Å². The lowest BCUT2D eigenvalue weighted by Gasteiger charge is -2.12. The Balaban J connectivity index is 2.12. The van der Waals surface area contributed by atoms with Crippen molar-refractivity contribution >= 4 is 11.5 Å². The van der Waals surface area contributed by atoms with Gasteiger partial charge in [-0.2, -0.15) is 5.10 Å². The summed E-state index contributed by atoms with van der Waals surface area (Å²) >= 11 is 0. The van der Waals surface area contributed by atoms with Gasteiger partial charge in [0.1, 0.15) is 12.2 Å². The van der Waals surface area contributed by atoms with Crippen molar-refractivity contribution in [2.45, 2.75) is 19.9 Å². The SMILES string of the molecule is CCn1ncnc1CC(=O)c1ccc(N(C)C)cc1. The van der Waals surface area contributed by atoms with Crippen molar-refractivity contribution < 1.29 is 4.79 Å². The Bertz CT molecular complexity index is 557. The number of rotatable bonds is 5. The number of hydrogen-bond donors (Lipinski definition) is 0. The molecule has 0 saturated carbocycles. The van der Waals surface area contributed by atoms with Crippen molar-refractivity contribution in [3.8, 4) is 0 Å². The van der Waals surface area contributed by atoms with Gasteiger partial charge in [0.2, 0.25) is 0 Å². The van der Waals surface area contributed by atoms with Crippen LogP contribution in [0.15, 0.2) is 30.6 Å². The Morgan fingerprint density at radius 3 is 2.53 bits per heavy atom. The molecule has 0 bridgehead atoms. The minimum absolute atomic E-state index is 0.0630. The Morgan fingerprint density at radius 2 is 1.95 bits per heavy atom. The van der Waals surface area contributed by atoms with Crippen LogP contribution < -0.4 is 4.90 Å².